The van der Waals surface area contributed by atoms with E-state index in [0.29, 0.717) is 0 Å². The molecule has 0 radical (unpaired) electrons. The highest BCUT2D eigenvalue weighted by Gasteiger charge is 2.03. The van der Waals surface area contributed by atoms with E-state index < -0.39 is 0 Å². The first-order valence-electron chi connectivity index (χ1n) is 5.23. The van der Waals surface area contributed by atoms with Crippen LogP contribution in [-0.2, 0) is 5.75 Å². The minimum atomic E-state index is 0.817. The van der Waals surface area contributed by atoms with Gasteiger partial charge < -0.3 is 0 Å². The monoisotopic (exact) mass is 233 g/mol. The van der Waals surface area contributed by atoms with E-state index in [1.165, 1.54) is 16.7 Å². The molecule has 1 aromatic heterocycles. The highest BCUT2D eigenvalue weighted by Crippen LogP contribution is 2.21. The molecule has 3 nitrogen and oxygen atoms in total. The number of benzene rings is 1. The Balaban J connectivity index is 2.04. The molecule has 1 N–H and O–H groups in total. The maximum atomic E-state index is 4.27. The Bertz CT molecular complexity index is 491. The third kappa shape index (κ3) is 2.64. The maximum Gasteiger partial charge on any atom is 0.208 e. The van der Waals surface area contributed by atoms with Gasteiger partial charge in [0.2, 0.25) is 5.16 Å². The second kappa shape index (κ2) is 4.70. The highest BCUT2D eigenvalue weighted by atomic mass is 32.2. The number of aromatic nitrogens is 3. The van der Waals surface area contributed by atoms with Crippen LogP contribution in [0, 0.1) is 20.8 Å². The Labute approximate surface area is 99.7 Å². The van der Waals surface area contributed by atoms with E-state index in [1.54, 1.807) is 11.8 Å². The Morgan fingerprint density at radius 1 is 1.25 bits per heavy atom. The van der Waals surface area contributed by atoms with Crippen LogP contribution in [-0.4, -0.2) is 15.2 Å². The zero-order valence-electron chi connectivity index (χ0n) is 9.74. The molecule has 0 saturated heterocycles. The fourth-order valence-electron chi connectivity index (χ4n) is 1.54. The van der Waals surface area contributed by atoms with Gasteiger partial charge in [0.25, 0.3) is 0 Å². The van der Waals surface area contributed by atoms with Crippen molar-refractivity contribution in [2.75, 3.05) is 0 Å². The summed E-state index contributed by atoms with van der Waals surface area (Å²) in [5.74, 6) is 1.78. The van der Waals surface area contributed by atoms with Crippen molar-refractivity contribution in [1.82, 2.24) is 15.2 Å². The lowest BCUT2D eigenvalue weighted by Crippen LogP contribution is -1.88. The third-order valence-corrected chi connectivity index (χ3v) is 3.33. The molecule has 4 heteroatoms. The molecule has 0 amide bonds. The molecular formula is C12H15N3S. The van der Waals surface area contributed by atoms with Crippen LogP contribution in [0.4, 0.5) is 0 Å². The normalized spacial score (nSPS) is 10.7. The Morgan fingerprint density at radius 2 is 2.06 bits per heavy atom. The van der Waals surface area contributed by atoms with Crippen LogP contribution < -0.4 is 0 Å². The zero-order chi connectivity index (χ0) is 11.5. The molecule has 16 heavy (non-hydrogen) atoms. The lowest BCUT2D eigenvalue weighted by molar-refractivity contribution is 0.969. The van der Waals surface area contributed by atoms with E-state index >= 15 is 0 Å². The highest BCUT2D eigenvalue weighted by molar-refractivity contribution is 7.98. The van der Waals surface area contributed by atoms with E-state index in [0.717, 1.165) is 16.7 Å². The largest absolute Gasteiger partial charge is 0.262 e. The van der Waals surface area contributed by atoms with Gasteiger partial charge in [-0.3, -0.25) is 5.10 Å². The van der Waals surface area contributed by atoms with Crippen LogP contribution >= 0.6 is 11.8 Å². The fourth-order valence-corrected chi connectivity index (χ4v) is 2.46. The first-order chi connectivity index (χ1) is 7.65. The summed E-state index contributed by atoms with van der Waals surface area (Å²) < 4.78 is 0. The molecule has 0 aliphatic heterocycles. The average Bonchev–Trinajstić information content (AvgIpc) is 2.63. The second-order valence-electron chi connectivity index (χ2n) is 3.92. The zero-order valence-corrected chi connectivity index (χ0v) is 10.6. The quantitative estimate of drug-likeness (QED) is 0.828. The molecule has 0 unspecified atom stereocenters. The minimum Gasteiger partial charge on any atom is -0.262 e. The minimum absolute atomic E-state index is 0.817. The molecule has 2 aromatic rings. The third-order valence-electron chi connectivity index (χ3n) is 2.43. The molecule has 84 valence electrons. The summed E-state index contributed by atoms with van der Waals surface area (Å²) in [6.45, 7) is 6.17. The molecule has 0 bridgehead atoms. The second-order valence-corrected chi connectivity index (χ2v) is 4.86. The van der Waals surface area contributed by atoms with Crippen molar-refractivity contribution < 1.29 is 0 Å². The molecule has 1 aromatic carbocycles. The predicted molar refractivity (Wildman–Crippen MR) is 66.6 cm³/mol. The molecule has 1 heterocycles. The van der Waals surface area contributed by atoms with E-state index in [1.807, 2.05) is 6.92 Å². The molecule has 2 rings (SSSR count). The average molecular weight is 233 g/mol. The van der Waals surface area contributed by atoms with Gasteiger partial charge >= 0.3 is 0 Å². The molecule has 0 aliphatic carbocycles. The smallest absolute Gasteiger partial charge is 0.208 e. The summed E-state index contributed by atoms with van der Waals surface area (Å²) in [7, 11) is 0. The molecular weight excluding hydrogens is 218 g/mol. The predicted octanol–water partition coefficient (Wildman–Crippen LogP) is 3.02. The summed E-state index contributed by atoms with van der Waals surface area (Å²) in [4.78, 5) is 4.27. The number of H-pyrrole nitrogens is 1. The van der Waals surface area contributed by atoms with Gasteiger partial charge in [-0.1, -0.05) is 35.5 Å². The van der Waals surface area contributed by atoms with Crippen LogP contribution in [0.1, 0.15) is 22.5 Å². The van der Waals surface area contributed by atoms with Crippen LogP contribution in [0.25, 0.3) is 0 Å². The van der Waals surface area contributed by atoms with Crippen molar-refractivity contribution in [3.8, 4) is 0 Å². The van der Waals surface area contributed by atoms with Crippen molar-refractivity contribution in [2.24, 2.45) is 0 Å². The number of hydrogen-bond acceptors (Lipinski definition) is 3. The SMILES string of the molecule is Cc1ccc(CSc2n[nH]c(C)n2)c(C)c1. The van der Waals surface area contributed by atoms with Crippen molar-refractivity contribution in [3.63, 3.8) is 0 Å². The van der Waals surface area contributed by atoms with Gasteiger partial charge in [0.05, 0.1) is 0 Å². The molecule has 0 saturated carbocycles. The number of aromatic amines is 1. The molecule has 0 atom stereocenters. The van der Waals surface area contributed by atoms with E-state index in [4.69, 9.17) is 0 Å². The van der Waals surface area contributed by atoms with Crippen LogP contribution in [0.3, 0.4) is 0 Å². The van der Waals surface area contributed by atoms with Crippen molar-refractivity contribution >= 4 is 11.8 Å². The lowest BCUT2D eigenvalue weighted by atomic mass is 10.1. The van der Waals surface area contributed by atoms with Crippen LogP contribution in [0.5, 0.6) is 0 Å². The van der Waals surface area contributed by atoms with Crippen LogP contribution in [0.15, 0.2) is 23.4 Å². The number of nitrogens with one attached hydrogen (secondary N) is 1. The van der Waals surface area contributed by atoms with Gasteiger partial charge in [0.1, 0.15) is 5.82 Å². The van der Waals surface area contributed by atoms with E-state index in [-0.39, 0.29) is 0 Å². The Kier molecular flexibility index (Phi) is 3.29. The Hall–Kier alpha value is -1.29. The van der Waals surface area contributed by atoms with Crippen molar-refractivity contribution in [3.05, 3.63) is 40.7 Å². The fraction of sp³-hybridized carbons (Fsp3) is 0.333. The number of aryl methyl sites for hydroxylation is 3. The van der Waals surface area contributed by atoms with Gasteiger partial charge in [-0.25, -0.2) is 4.98 Å². The molecule has 0 spiro atoms. The topological polar surface area (TPSA) is 41.6 Å². The summed E-state index contributed by atoms with van der Waals surface area (Å²) in [6, 6.07) is 6.53. The molecule has 0 fully saturated rings. The molecule has 0 aliphatic rings. The summed E-state index contributed by atoms with van der Waals surface area (Å²) in [5, 5.41) is 7.77. The van der Waals surface area contributed by atoms with E-state index in [2.05, 4.69) is 47.2 Å². The number of nitrogens with zero attached hydrogens (tertiary/aromatic N) is 2. The van der Waals surface area contributed by atoms with Gasteiger partial charge in [-0.05, 0) is 31.9 Å². The number of hydrogen-bond donors (Lipinski definition) is 1. The first kappa shape index (κ1) is 11.2. The van der Waals surface area contributed by atoms with Gasteiger partial charge in [-0.2, -0.15) is 0 Å². The van der Waals surface area contributed by atoms with E-state index in [9.17, 15) is 0 Å². The van der Waals surface area contributed by atoms with Gasteiger partial charge in [-0.15, -0.1) is 5.10 Å². The number of thioether (sulfide) groups is 1. The first-order valence-corrected chi connectivity index (χ1v) is 6.21. The van der Waals surface area contributed by atoms with Crippen molar-refractivity contribution in [2.45, 2.75) is 31.7 Å². The number of rotatable bonds is 3. The Morgan fingerprint density at radius 3 is 2.69 bits per heavy atom. The van der Waals surface area contributed by atoms with Crippen LogP contribution in [0.2, 0.25) is 0 Å². The lowest BCUT2D eigenvalue weighted by Gasteiger charge is -2.04. The van der Waals surface area contributed by atoms with Gasteiger partial charge in [0.15, 0.2) is 0 Å². The standard InChI is InChI=1S/C12H15N3S/c1-8-4-5-11(9(2)6-8)7-16-12-13-10(3)14-15-12/h4-6H,7H2,1-3H3,(H,13,14,15). The van der Waals surface area contributed by atoms with Crippen molar-refractivity contribution in [1.29, 1.82) is 0 Å². The summed E-state index contributed by atoms with van der Waals surface area (Å²) in [6.07, 6.45) is 0. The summed E-state index contributed by atoms with van der Waals surface area (Å²) >= 11 is 1.66. The van der Waals surface area contributed by atoms with Gasteiger partial charge in [0, 0.05) is 5.75 Å². The maximum absolute atomic E-state index is 4.27. The summed E-state index contributed by atoms with van der Waals surface area (Å²) in [5.41, 5.74) is 3.98.